The number of phenolic OH excluding ortho intramolecular Hbond substituents is 1. The molecule has 0 aromatic heterocycles. The molecule has 1 heterocycles. The van der Waals surface area contributed by atoms with Crippen LogP contribution >= 0.6 is 0 Å². The summed E-state index contributed by atoms with van der Waals surface area (Å²) in [7, 11) is 1.76. The van der Waals surface area contributed by atoms with Gasteiger partial charge in [0.15, 0.2) is 11.6 Å². The van der Waals surface area contributed by atoms with Crippen LogP contribution in [0.2, 0.25) is 0 Å². The fraction of sp³-hybridized carbons (Fsp3) is 0.429. The predicted molar refractivity (Wildman–Crippen MR) is 70.0 cm³/mol. The third-order valence-electron chi connectivity index (χ3n) is 3.63. The van der Waals surface area contributed by atoms with Crippen LogP contribution in [0.5, 0.6) is 5.75 Å². The van der Waals surface area contributed by atoms with Crippen LogP contribution in [0.1, 0.15) is 12.0 Å². The molecule has 1 fully saturated rings. The van der Waals surface area contributed by atoms with Gasteiger partial charge in [0.2, 0.25) is 5.91 Å². The van der Waals surface area contributed by atoms with Gasteiger partial charge in [-0.1, -0.05) is 0 Å². The molecule has 0 saturated carbocycles. The summed E-state index contributed by atoms with van der Waals surface area (Å²) in [5, 5.41) is 20.9. The number of phenols is 1. The number of nitriles is 1. The molecule has 1 amide bonds. The zero-order valence-electron chi connectivity index (χ0n) is 11.4. The van der Waals surface area contributed by atoms with E-state index in [0.29, 0.717) is 19.0 Å². The first-order valence-corrected chi connectivity index (χ1v) is 6.46. The summed E-state index contributed by atoms with van der Waals surface area (Å²) >= 11 is 0. The van der Waals surface area contributed by atoms with Crippen LogP contribution in [0.4, 0.5) is 8.78 Å². The highest BCUT2D eigenvalue weighted by Crippen LogP contribution is 2.24. The van der Waals surface area contributed by atoms with Gasteiger partial charge in [0.1, 0.15) is 5.82 Å². The van der Waals surface area contributed by atoms with E-state index in [1.54, 1.807) is 11.9 Å². The Morgan fingerprint density at radius 3 is 2.90 bits per heavy atom. The quantitative estimate of drug-likeness (QED) is 0.876. The molecule has 5 nitrogen and oxygen atoms in total. The molecular formula is C14H15F2N3O2. The number of hydrogen-bond donors (Lipinski definition) is 2. The van der Waals surface area contributed by atoms with Gasteiger partial charge in [-0.05, 0) is 19.5 Å². The van der Waals surface area contributed by atoms with E-state index in [9.17, 15) is 18.7 Å². The molecule has 1 saturated heterocycles. The minimum Gasteiger partial charge on any atom is -0.505 e. The number of carbonyl (C=O) groups is 1. The van der Waals surface area contributed by atoms with Crippen molar-refractivity contribution in [2.24, 2.45) is 5.92 Å². The Bertz CT molecular complexity index is 601. The molecule has 7 heteroatoms. The normalized spacial score (nSPS) is 22.0. The minimum absolute atomic E-state index is 0.0240. The van der Waals surface area contributed by atoms with Gasteiger partial charge in [-0.25, -0.2) is 8.78 Å². The van der Waals surface area contributed by atoms with Crippen molar-refractivity contribution in [2.75, 3.05) is 13.6 Å². The Hall–Kier alpha value is -2.20. The van der Waals surface area contributed by atoms with Crippen LogP contribution in [-0.4, -0.2) is 35.5 Å². The molecule has 1 aromatic carbocycles. The predicted octanol–water partition coefficient (Wildman–Crippen LogP) is 1.13. The van der Waals surface area contributed by atoms with Gasteiger partial charge < -0.3 is 10.4 Å². The molecule has 0 spiro atoms. The number of likely N-dealkylation sites (tertiary alicyclic amines) is 1. The molecular weight excluding hydrogens is 280 g/mol. The Labute approximate surface area is 120 Å². The molecule has 0 bridgehead atoms. The number of benzene rings is 1. The molecule has 1 aliphatic heterocycles. The summed E-state index contributed by atoms with van der Waals surface area (Å²) in [6, 6.07) is 3.34. The van der Waals surface area contributed by atoms with Gasteiger partial charge in [-0.2, -0.15) is 5.26 Å². The first kappa shape index (κ1) is 15.2. The standard InChI is InChI=1S/C14H15F2N3O2/c1-19-7-9(3-11(19)5-17)14(21)18-6-8-2-10(15)4-12(16)13(8)20/h2,4,9,11,20H,3,6-7H2,1H3,(H,18,21). The van der Waals surface area contributed by atoms with Gasteiger partial charge in [0, 0.05) is 24.7 Å². The van der Waals surface area contributed by atoms with Gasteiger partial charge >= 0.3 is 0 Å². The fourth-order valence-corrected chi connectivity index (χ4v) is 2.42. The maximum Gasteiger partial charge on any atom is 0.224 e. The van der Waals surface area contributed by atoms with E-state index in [4.69, 9.17) is 5.26 Å². The lowest BCUT2D eigenvalue weighted by Crippen LogP contribution is -2.31. The number of hydrogen-bond acceptors (Lipinski definition) is 4. The molecule has 1 aromatic rings. The van der Waals surface area contributed by atoms with Crippen molar-refractivity contribution in [3.8, 4) is 11.8 Å². The van der Waals surface area contributed by atoms with Gasteiger partial charge in [0.25, 0.3) is 0 Å². The fourth-order valence-electron chi connectivity index (χ4n) is 2.42. The van der Waals surface area contributed by atoms with Gasteiger partial charge in [-0.15, -0.1) is 0 Å². The minimum atomic E-state index is -1.07. The number of nitrogens with zero attached hydrogens (tertiary/aromatic N) is 2. The Morgan fingerprint density at radius 2 is 2.29 bits per heavy atom. The summed E-state index contributed by atoms with van der Waals surface area (Å²) in [5.74, 6) is -3.21. The van der Waals surface area contributed by atoms with Crippen molar-refractivity contribution in [3.05, 3.63) is 29.3 Å². The van der Waals surface area contributed by atoms with Crippen LogP contribution in [0.25, 0.3) is 0 Å². The van der Waals surface area contributed by atoms with Crippen molar-refractivity contribution in [3.63, 3.8) is 0 Å². The zero-order chi connectivity index (χ0) is 15.6. The highest BCUT2D eigenvalue weighted by Gasteiger charge is 2.33. The molecule has 21 heavy (non-hydrogen) atoms. The van der Waals surface area contributed by atoms with Crippen molar-refractivity contribution in [1.82, 2.24) is 10.2 Å². The van der Waals surface area contributed by atoms with E-state index < -0.39 is 17.4 Å². The second-order valence-corrected chi connectivity index (χ2v) is 5.13. The van der Waals surface area contributed by atoms with E-state index in [-0.39, 0.29) is 30.0 Å². The van der Waals surface area contributed by atoms with E-state index in [1.165, 1.54) is 0 Å². The summed E-state index contributed by atoms with van der Waals surface area (Å²) in [6.07, 6.45) is 0.419. The number of nitrogens with one attached hydrogen (secondary N) is 1. The molecule has 1 aliphatic rings. The van der Waals surface area contributed by atoms with Gasteiger partial charge in [0.05, 0.1) is 18.0 Å². The molecule has 0 aliphatic carbocycles. The Morgan fingerprint density at radius 1 is 1.57 bits per heavy atom. The first-order valence-electron chi connectivity index (χ1n) is 6.46. The molecule has 2 unspecified atom stereocenters. The first-order chi connectivity index (χ1) is 9.92. The lowest BCUT2D eigenvalue weighted by molar-refractivity contribution is -0.124. The number of aromatic hydroxyl groups is 1. The van der Waals surface area contributed by atoms with E-state index in [0.717, 1.165) is 6.07 Å². The highest BCUT2D eigenvalue weighted by atomic mass is 19.1. The summed E-state index contributed by atoms with van der Waals surface area (Å²) < 4.78 is 26.2. The summed E-state index contributed by atoms with van der Waals surface area (Å²) in [5.41, 5.74) is -0.0240. The van der Waals surface area contributed by atoms with Crippen LogP contribution in [0.15, 0.2) is 12.1 Å². The number of amides is 1. The number of carbonyl (C=O) groups excluding carboxylic acids is 1. The lowest BCUT2D eigenvalue weighted by atomic mass is 10.1. The summed E-state index contributed by atoms with van der Waals surface area (Å²) in [6.45, 7) is 0.282. The Kier molecular flexibility index (Phi) is 4.38. The average molecular weight is 295 g/mol. The SMILES string of the molecule is CN1CC(C(=O)NCc2cc(F)cc(F)c2O)CC1C#N. The van der Waals surface area contributed by atoms with Crippen molar-refractivity contribution in [2.45, 2.75) is 19.0 Å². The lowest BCUT2D eigenvalue weighted by Gasteiger charge is -2.12. The van der Waals surface area contributed by atoms with Crippen molar-refractivity contribution >= 4 is 5.91 Å². The topological polar surface area (TPSA) is 76.4 Å². The van der Waals surface area contributed by atoms with Crippen LogP contribution in [0, 0.1) is 28.9 Å². The smallest absolute Gasteiger partial charge is 0.224 e. The van der Waals surface area contributed by atoms with Crippen LogP contribution < -0.4 is 5.32 Å². The Balaban J connectivity index is 1.98. The third-order valence-corrected chi connectivity index (χ3v) is 3.63. The molecule has 2 N–H and O–H groups in total. The second-order valence-electron chi connectivity index (χ2n) is 5.13. The third kappa shape index (κ3) is 3.28. The largest absolute Gasteiger partial charge is 0.505 e. The van der Waals surface area contributed by atoms with Crippen LogP contribution in [0.3, 0.4) is 0 Å². The van der Waals surface area contributed by atoms with E-state index in [1.807, 2.05) is 0 Å². The average Bonchev–Trinajstić information content (AvgIpc) is 2.82. The van der Waals surface area contributed by atoms with E-state index in [2.05, 4.69) is 11.4 Å². The molecule has 2 atom stereocenters. The highest BCUT2D eigenvalue weighted by molar-refractivity contribution is 5.79. The van der Waals surface area contributed by atoms with E-state index >= 15 is 0 Å². The zero-order valence-corrected chi connectivity index (χ0v) is 11.4. The second kappa shape index (κ2) is 6.06. The monoisotopic (exact) mass is 295 g/mol. The van der Waals surface area contributed by atoms with Crippen molar-refractivity contribution in [1.29, 1.82) is 5.26 Å². The number of rotatable bonds is 3. The van der Waals surface area contributed by atoms with Gasteiger partial charge in [-0.3, -0.25) is 9.69 Å². The molecule has 0 radical (unpaired) electrons. The number of halogens is 2. The molecule has 112 valence electrons. The summed E-state index contributed by atoms with van der Waals surface area (Å²) in [4.78, 5) is 13.8. The maximum absolute atomic E-state index is 13.2. The van der Waals surface area contributed by atoms with Crippen molar-refractivity contribution < 1.29 is 18.7 Å². The maximum atomic E-state index is 13.2. The van der Waals surface area contributed by atoms with Crippen LogP contribution in [-0.2, 0) is 11.3 Å². The molecule has 2 rings (SSSR count).